The summed E-state index contributed by atoms with van der Waals surface area (Å²) in [7, 11) is 3.87. The van der Waals surface area contributed by atoms with Gasteiger partial charge >= 0.3 is 0 Å². The lowest BCUT2D eigenvalue weighted by atomic mass is 10.0. The van der Waals surface area contributed by atoms with Crippen LogP contribution < -0.4 is 10.6 Å². The number of para-hydroxylation sites is 1. The van der Waals surface area contributed by atoms with Crippen LogP contribution in [-0.2, 0) is 18.2 Å². The highest BCUT2D eigenvalue weighted by Gasteiger charge is 2.23. The van der Waals surface area contributed by atoms with Crippen LogP contribution in [0.1, 0.15) is 12.0 Å². The molecule has 8 heteroatoms. The van der Waals surface area contributed by atoms with Gasteiger partial charge in [0.15, 0.2) is 5.65 Å². The monoisotopic (exact) mass is 398 g/mol. The smallest absolute Gasteiger partial charge is 0.162 e. The molecule has 7 nitrogen and oxygen atoms in total. The first-order valence-electron chi connectivity index (χ1n) is 9.62. The van der Waals surface area contributed by atoms with Gasteiger partial charge in [0.05, 0.1) is 23.8 Å². The van der Waals surface area contributed by atoms with Gasteiger partial charge in [0.25, 0.3) is 0 Å². The topological polar surface area (TPSA) is 76.9 Å². The molecular weight excluding hydrogens is 372 g/mol. The van der Waals surface area contributed by atoms with Crippen molar-refractivity contribution in [1.29, 1.82) is 0 Å². The van der Waals surface area contributed by atoms with E-state index in [-0.39, 0.29) is 12.2 Å². The average Bonchev–Trinajstić information content (AvgIpc) is 3.13. The Morgan fingerprint density at radius 3 is 3.00 bits per heavy atom. The minimum Gasteiger partial charge on any atom is -0.388 e. The standard InChI is InChI=1S/C20H26N6OS/c1-21-18-6-4-3-5-14(18)7-8-15-9-22-10-16(27-15)12-28-20-17-11-25-26(2)19(17)23-13-24-20/h3-6,11,13,15-16,21-22H,7-10,12H2,1-2H3/t15-,16+/m1/s1. The van der Waals surface area contributed by atoms with Gasteiger partial charge in [0.1, 0.15) is 11.4 Å². The number of anilines is 1. The molecule has 0 spiro atoms. The molecule has 1 aromatic carbocycles. The van der Waals surface area contributed by atoms with Gasteiger partial charge in [-0.15, -0.1) is 11.8 Å². The van der Waals surface area contributed by atoms with Crippen LogP contribution in [0, 0.1) is 0 Å². The van der Waals surface area contributed by atoms with Crippen molar-refractivity contribution in [2.75, 3.05) is 31.2 Å². The number of fused-ring (bicyclic) bond motifs is 1. The molecule has 1 fully saturated rings. The number of aryl methyl sites for hydroxylation is 2. The van der Waals surface area contributed by atoms with E-state index in [4.69, 9.17) is 4.74 Å². The fourth-order valence-corrected chi connectivity index (χ4v) is 4.53. The van der Waals surface area contributed by atoms with Crippen molar-refractivity contribution in [2.45, 2.75) is 30.1 Å². The molecule has 4 rings (SSSR count). The number of nitrogens with zero attached hydrogens (tertiary/aromatic N) is 4. The highest BCUT2D eigenvalue weighted by molar-refractivity contribution is 7.99. The number of morpholine rings is 1. The summed E-state index contributed by atoms with van der Waals surface area (Å²) in [6.07, 6.45) is 5.85. The number of benzene rings is 1. The summed E-state index contributed by atoms with van der Waals surface area (Å²) >= 11 is 1.71. The molecule has 28 heavy (non-hydrogen) atoms. The average molecular weight is 399 g/mol. The largest absolute Gasteiger partial charge is 0.388 e. The van der Waals surface area contributed by atoms with E-state index in [0.29, 0.717) is 0 Å². The van der Waals surface area contributed by atoms with Crippen LogP contribution in [0.4, 0.5) is 5.69 Å². The summed E-state index contributed by atoms with van der Waals surface area (Å²) in [5.41, 5.74) is 3.40. The van der Waals surface area contributed by atoms with E-state index in [1.807, 2.05) is 20.3 Å². The third-order valence-corrected chi connectivity index (χ3v) is 6.19. The fourth-order valence-electron chi connectivity index (χ4n) is 3.57. The second kappa shape index (κ2) is 8.89. The predicted octanol–water partition coefficient (Wildman–Crippen LogP) is 2.49. The zero-order valence-corrected chi connectivity index (χ0v) is 17.1. The number of nitrogens with one attached hydrogen (secondary N) is 2. The predicted molar refractivity (Wildman–Crippen MR) is 113 cm³/mol. The van der Waals surface area contributed by atoms with E-state index in [2.05, 4.69) is 50.0 Å². The van der Waals surface area contributed by atoms with Gasteiger partial charge < -0.3 is 15.4 Å². The van der Waals surface area contributed by atoms with Crippen molar-refractivity contribution in [2.24, 2.45) is 7.05 Å². The second-order valence-corrected chi connectivity index (χ2v) is 7.99. The van der Waals surface area contributed by atoms with Crippen LogP contribution in [0.2, 0.25) is 0 Å². The normalized spacial score (nSPS) is 19.8. The van der Waals surface area contributed by atoms with Crippen LogP contribution in [0.15, 0.2) is 41.8 Å². The molecule has 1 aliphatic heterocycles. The number of aromatic nitrogens is 4. The summed E-state index contributed by atoms with van der Waals surface area (Å²) in [5.74, 6) is 0.859. The molecular formula is C20H26N6OS. The Morgan fingerprint density at radius 2 is 2.11 bits per heavy atom. The van der Waals surface area contributed by atoms with Gasteiger partial charge in [-0.3, -0.25) is 4.68 Å². The van der Waals surface area contributed by atoms with Crippen LogP contribution >= 0.6 is 11.8 Å². The molecule has 0 unspecified atom stereocenters. The molecule has 3 aromatic rings. The van der Waals surface area contributed by atoms with Crippen molar-refractivity contribution in [3.63, 3.8) is 0 Å². The Bertz CT molecular complexity index is 930. The number of rotatable bonds is 7. The lowest BCUT2D eigenvalue weighted by molar-refractivity contribution is -0.0280. The van der Waals surface area contributed by atoms with Crippen molar-refractivity contribution in [3.8, 4) is 0 Å². The maximum Gasteiger partial charge on any atom is 0.162 e. The Hall–Kier alpha value is -2.16. The van der Waals surface area contributed by atoms with Crippen LogP contribution in [0.3, 0.4) is 0 Å². The van der Waals surface area contributed by atoms with Gasteiger partial charge in [-0.1, -0.05) is 18.2 Å². The lowest BCUT2D eigenvalue weighted by Gasteiger charge is -2.31. The summed E-state index contributed by atoms with van der Waals surface area (Å²) in [4.78, 5) is 8.74. The van der Waals surface area contributed by atoms with E-state index in [9.17, 15) is 0 Å². The van der Waals surface area contributed by atoms with Crippen molar-refractivity contribution < 1.29 is 4.74 Å². The second-order valence-electron chi connectivity index (χ2n) is 6.98. The summed E-state index contributed by atoms with van der Waals surface area (Å²) in [6, 6.07) is 8.46. The van der Waals surface area contributed by atoms with Crippen molar-refractivity contribution in [1.82, 2.24) is 25.1 Å². The molecule has 2 aromatic heterocycles. The van der Waals surface area contributed by atoms with Crippen LogP contribution in [0.5, 0.6) is 0 Å². The van der Waals surface area contributed by atoms with E-state index in [0.717, 1.165) is 47.7 Å². The van der Waals surface area contributed by atoms with Crippen molar-refractivity contribution in [3.05, 3.63) is 42.4 Å². The molecule has 2 N–H and O–H groups in total. The van der Waals surface area contributed by atoms with Crippen LogP contribution in [0.25, 0.3) is 11.0 Å². The third-order valence-electron chi connectivity index (χ3n) is 5.05. The van der Waals surface area contributed by atoms with Gasteiger partial charge in [-0.05, 0) is 24.5 Å². The zero-order valence-electron chi connectivity index (χ0n) is 16.3. The molecule has 0 radical (unpaired) electrons. The SMILES string of the molecule is CNc1ccccc1CC[C@@H]1CNC[C@@H](CSc2ncnc3c2cnn3C)O1. The summed E-state index contributed by atoms with van der Waals surface area (Å²) < 4.78 is 8.13. The Labute approximate surface area is 169 Å². The van der Waals surface area contributed by atoms with E-state index >= 15 is 0 Å². The Balaban J connectivity index is 1.32. The quantitative estimate of drug-likeness (QED) is 0.468. The Kier molecular flexibility index (Phi) is 6.09. The number of thioether (sulfide) groups is 1. The van der Waals surface area contributed by atoms with Gasteiger partial charge in [0, 0.05) is 38.6 Å². The minimum atomic E-state index is 0.171. The number of hydrogen-bond acceptors (Lipinski definition) is 7. The number of hydrogen-bond donors (Lipinski definition) is 2. The Morgan fingerprint density at radius 1 is 1.25 bits per heavy atom. The summed E-state index contributed by atoms with van der Waals surface area (Å²) in [6.45, 7) is 1.78. The maximum absolute atomic E-state index is 6.35. The molecule has 0 bridgehead atoms. The molecule has 3 heterocycles. The van der Waals surface area contributed by atoms with E-state index in [1.54, 1.807) is 22.8 Å². The zero-order chi connectivity index (χ0) is 19.3. The highest BCUT2D eigenvalue weighted by atomic mass is 32.2. The first kappa shape index (κ1) is 19.2. The van der Waals surface area contributed by atoms with E-state index in [1.165, 1.54) is 11.3 Å². The first-order valence-corrected chi connectivity index (χ1v) is 10.6. The van der Waals surface area contributed by atoms with Gasteiger partial charge in [-0.2, -0.15) is 5.10 Å². The summed E-state index contributed by atoms with van der Waals surface area (Å²) in [5, 5.41) is 13.0. The lowest BCUT2D eigenvalue weighted by Crippen LogP contribution is -2.45. The van der Waals surface area contributed by atoms with Crippen LogP contribution in [-0.4, -0.2) is 57.8 Å². The molecule has 148 valence electrons. The molecule has 1 saturated heterocycles. The van der Waals surface area contributed by atoms with Gasteiger partial charge in [-0.25, -0.2) is 9.97 Å². The molecule has 0 saturated carbocycles. The van der Waals surface area contributed by atoms with E-state index < -0.39 is 0 Å². The molecule has 0 amide bonds. The molecule has 2 atom stereocenters. The van der Waals surface area contributed by atoms with Crippen molar-refractivity contribution >= 4 is 28.5 Å². The fraction of sp³-hybridized carbons (Fsp3) is 0.450. The number of ether oxygens (including phenoxy) is 1. The molecule has 0 aliphatic carbocycles. The maximum atomic E-state index is 6.35. The first-order chi connectivity index (χ1) is 13.7. The van der Waals surface area contributed by atoms with Gasteiger partial charge in [0.2, 0.25) is 0 Å². The molecule has 1 aliphatic rings. The minimum absolute atomic E-state index is 0.171. The highest BCUT2D eigenvalue weighted by Crippen LogP contribution is 2.26. The third kappa shape index (κ3) is 4.29.